The summed E-state index contributed by atoms with van der Waals surface area (Å²) in [5, 5.41) is 7.05. The molecule has 0 atom stereocenters. The first-order valence-electron chi connectivity index (χ1n) is 11.3. The van der Waals surface area contributed by atoms with Crippen molar-refractivity contribution in [1.82, 2.24) is 10.6 Å². The molecule has 1 aromatic rings. The highest BCUT2D eigenvalue weighted by atomic mass is 127. The van der Waals surface area contributed by atoms with Crippen LogP contribution in [-0.2, 0) is 22.6 Å². The number of nitrogens with one attached hydrogen (secondary N) is 2. The van der Waals surface area contributed by atoms with E-state index in [9.17, 15) is 0 Å². The number of hydrogen-bond acceptors (Lipinski definition) is 3. The summed E-state index contributed by atoms with van der Waals surface area (Å²) < 4.78 is 11.5. The Morgan fingerprint density at radius 1 is 1.20 bits per heavy atom. The average Bonchev–Trinajstić information content (AvgIpc) is 2.71. The Morgan fingerprint density at radius 3 is 2.57 bits per heavy atom. The van der Waals surface area contributed by atoms with Gasteiger partial charge < -0.3 is 20.1 Å². The Bertz CT molecular complexity index is 656. The van der Waals surface area contributed by atoms with E-state index in [2.05, 4.69) is 53.7 Å². The molecule has 5 nitrogen and oxygen atoms in total. The number of aliphatic imine (C=N–C) groups is 1. The number of ether oxygens (including phenoxy) is 2. The van der Waals surface area contributed by atoms with E-state index in [1.54, 1.807) is 0 Å². The van der Waals surface area contributed by atoms with Gasteiger partial charge in [0, 0.05) is 33.4 Å². The molecular formula is C24H40IN3O2. The van der Waals surface area contributed by atoms with Gasteiger partial charge in [0.1, 0.15) is 0 Å². The quantitative estimate of drug-likeness (QED) is 0.272. The van der Waals surface area contributed by atoms with Gasteiger partial charge in [0.05, 0.1) is 12.7 Å². The van der Waals surface area contributed by atoms with Crippen LogP contribution in [0.15, 0.2) is 29.3 Å². The normalized spacial score (nSPS) is 19.1. The number of benzene rings is 1. The summed E-state index contributed by atoms with van der Waals surface area (Å²) in [5.41, 5.74) is 2.94. The summed E-state index contributed by atoms with van der Waals surface area (Å²) in [7, 11) is 1.85. The Balaban J connectivity index is 0.00000320. The molecule has 2 fully saturated rings. The third-order valence-corrected chi connectivity index (χ3v) is 6.22. The smallest absolute Gasteiger partial charge is 0.191 e. The SMILES string of the molecule is CN=C(NCc1cccc(COC2CCOCC2)c1)NCC1(CC(C)C)CCC1.I. The fourth-order valence-corrected chi connectivity index (χ4v) is 4.56. The van der Waals surface area contributed by atoms with Crippen LogP contribution >= 0.6 is 24.0 Å². The molecule has 0 bridgehead atoms. The van der Waals surface area contributed by atoms with E-state index in [4.69, 9.17) is 9.47 Å². The van der Waals surface area contributed by atoms with Crippen LogP contribution in [0.2, 0.25) is 0 Å². The first-order chi connectivity index (χ1) is 14.1. The maximum atomic E-state index is 6.06. The van der Waals surface area contributed by atoms with Crippen LogP contribution in [0.25, 0.3) is 0 Å². The summed E-state index contributed by atoms with van der Waals surface area (Å²) in [6.45, 7) is 8.74. The predicted molar refractivity (Wildman–Crippen MR) is 134 cm³/mol. The highest BCUT2D eigenvalue weighted by molar-refractivity contribution is 14.0. The van der Waals surface area contributed by atoms with Gasteiger partial charge in [-0.1, -0.05) is 44.5 Å². The van der Waals surface area contributed by atoms with Crippen LogP contribution in [0.3, 0.4) is 0 Å². The molecule has 1 aromatic carbocycles. The second-order valence-corrected chi connectivity index (χ2v) is 9.17. The van der Waals surface area contributed by atoms with E-state index >= 15 is 0 Å². The number of rotatable bonds is 9. The van der Waals surface area contributed by atoms with Crippen molar-refractivity contribution in [2.45, 2.75) is 71.6 Å². The van der Waals surface area contributed by atoms with Crippen molar-refractivity contribution in [3.05, 3.63) is 35.4 Å². The second-order valence-electron chi connectivity index (χ2n) is 9.17. The van der Waals surface area contributed by atoms with Crippen molar-refractivity contribution in [1.29, 1.82) is 0 Å². The Kier molecular flexibility index (Phi) is 10.9. The van der Waals surface area contributed by atoms with Crippen molar-refractivity contribution < 1.29 is 9.47 Å². The van der Waals surface area contributed by atoms with Gasteiger partial charge >= 0.3 is 0 Å². The monoisotopic (exact) mass is 529 g/mol. The van der Waals surface area contributed by atoms with E-state index < -0.39 is 0 Å². The molecule has 0 amide bonds. The van der Waals surface area contributed by atoms with E-state index in [1.807, 2.05) is 7.05 Å². The fraction of sp³-hybridized carbons (Fsp3) is 0.708. The molecular weight excluding hydrogens is 489 g/mol. The van der Waals surface area contributed by atoms with Crippen LogP contribution in [0.1, 0.15) is 63.5 Å². The standard InChI is InChI=1S/C24H39N3O2.HI/c1-19(2)15-24(10-5-11-24)18-27-23(25-3)26-16-20-6-4-7-21(14-20)17-29-22-8-12-28-13-9-22;/h4,6-7,14,19,22H,5,8-13,15-18H2,1-3H3,(H2,25,26,27);1H. The van der Waals surface area contributed by atoms with Gasteiger partial charge in [-0.2, -0.15) is 0 Å². The summed E-state index contributed by atoms with van der Waals surface area (Å²) >= 11 is 0. The molecule has 6 heteroatoms. The molecule has 1 aliphatic heterocycles. The Morgan fingerprint density at radius 2 is 1.93 bits per heavy atom. The van der Waals surface area contributed by atoms with Crippen molar-refractivity contribution in [2.24, 2.45) is 16.3 Å². The molecule has 0 aromatic heterocycles. The lowest BCUT2D eigenvalue weighted by Gasteiger charge is -2.43. The molecule has 2 aliphatic rings. The highest BCUT2D eigenvalue weighted by Crippen LogP contribution is 2.45. The fourth-order valence-electron chi connectivity index (χ4n) is 4.56. The topological polar surface area (TPSA) is 54.9 Å². The van der Waals surface area contributed by atoms with Gasteiger partial charge in [-0.25, -0.2) is 0 Å². The Labute approximate surface area is 199 Å². The number of halogens is 1. The van der Waals surface area contributed by atoms with Gasteiger partial charge in [-0.05, 0) is 54.6 Å². The van der Waals surface area contributed by atoms with Crippen LogP contribution < -0.4 is 10.6 Å². The zero-order chi connectivity index (χ0) is 20.5. The van der Waals surface area contributed by atoms with Gasteiger partial charge in [0.25, 0.3) is 0 Å². The van der Waals surface area contributed by atoms with Crippen LogP contribution in [0.4, 0.5) is 0 Å². The summed E-state index contributed by atoms with van der Waals surface area (Å²) in [6, 6.07) is 8.64. The molecule has 0 unspecified atom stereocenters. The lowest BCUT2D eigenvalue weighted by molar-refractivity contribution is -0.0390. The molecule has 0 radical (unpaired) electrons. The Hall–Kier alpha value is -0.860. The molecule has 1 saturated heterocycles. The zero-order valence-electron chi connectivity index (χ0n) is 18.9. The predicted octanol–water partition coefficient (Wildman–Crippen LogP) is 4.88. The molecule has 30 heavy (non-hydrogen) atoms. The van der Waals surface area contributed by atoms with E-state index in [-0.39, 0.29) is 24.0 Å². The van der Waals surface area contributed by atoms with Gasteiger partial charge in [-0.15, -0.1) is 24.0 Å². The van der Waals surface area contributed by atoms with E-state index in [0.717, 1.165) is 51.0 Å². The lowest BCUT2D eigenvalue weighted by Crippen LogP contribution is -2.46. The molecule has 170 valence electrons. The minimum absolute atomic E-state index is 0. The highest BCUT2D eigenvalue weighted by Gasteiger charge is 2.37. The van der Waals surface area contributed by atoms with Crippen molar-refractivity contribution in [2.75, 3.05) is 26.8 Å². The van der Waals surface area contributed by atoms with Crippen molar-refractivity contribution in [3.63, 3.8) is 0 Å². The molecule has 1 saturated carbocycles. The van der Waals surface area contributed by atoms with Crippen molar-refractivity contribution >= 4 is 29.9 Å². The maximum Gasteiger partial charge on any atom is 0.191 e. The van der Waals surface area contributed by atoms with Crippen LogP contribution in [0.5, 0.6) is 0 Å². The number of guanidine groups is 1. The molecule has 1 aliphatic carbocycles. The van der Waals surface area contributed by atoms with E-state index in [0.29, 0.717) is 18.1 Å². The minimum atomic E-state index is 0. The third-order valence-electron chi connectivity index (χ3n) is 6.22. The van der Waals surface area contributed by atoms with Crippen LogP contribution in [0, 0.1) is 11.3 Å². The largest absolute Gasteiger partial charge is 0.381 e. The molecule has 1 heterocycles. The average molecular weight is 530 g/mol. The third kappa shape index (κ3) is 8.00. The zero-order valence-corrected chi connectivity index (χ0v) is 21.2. The maximum absolute atomic E-state index is 6.06. The minimum Gasteiger partial charge on any atom is -0.381 e. The van der Waals surface area contributed by atoms with Gasteiger partial charge in [0.2, 0.25) is 0 Å². The second kappa shape index (κ2) is 12.9. The van der Waals surface area contributed by atoms with Gasteiger partial charge in [-0.3, -0.25) is 4.99 Å². The molecule has 0 spiro atoms. The summed E-state index contributed by atoms with van der Waals surface area (Å²) in [5.74, 6) is 1.64. The van der Waals surface area contributed by atoms with Crippen molar-refractivity contribution in [3.8, 4) is 0 Å². The molecule has 2 N–H and O–H groups in total. The number of hydrogen-bond donors (Lipinski definition) is 2. The number of nitrogens with zero attached hydrogens (tertiary/aromatic N) is 1. The van der Waals surface area contributed by atoms with Gasteiger partial charge in [0.15, 0.2) is 5.96 Å². The first-order valence-corrected chi connectivity index (χ1v) is 11.3. The molecule has 3 rings (SSSR count). The van der Waals surface area contributed by atoms with E-state index in [1.165, 1.54) is 36.8 Å². The first kappa shape index (κ1) is 25.4. The summed E-state index contributed by atoms with van der Waals surface area (Å²) in [6.07, 6.45) is 7.67. The lowest BCUT2D eigenvalue weighted by atomic mass is 9.64. The summed E-state index contributed by atoms with van der Waals surface area (Å²) in [4.78, 5) is 4.42. The van der Waals surface area contributed by atoms with Crippen LogP contribution in [-0.4, -0.2) is 38.9 Å².